The molecule has 1 aromatic heterocycles. The molecule has 1 heterocycles. The molecule has 0 atom stereocenters. The SMILES string of the molecule is Cc1nnnn1-c1cccc(NC(=O)CCCOc2ccc(S(C)(=O)=O)cc2)c1. The number of hydrogen-bond acceptors (Lipinski definition) is 7. The van der Waals surface area contributed by atoms with Gasteiger partial charge in [0.15, 0.2) is 15.7 Å². The van der Waals surface area contributed by atoms with Crippen LogP contribution in [0.25, 0.3) is 5.69 Å². The first-order valence-corrected chi connectivity index (χ1v) is 10.8. The van der Waals surface area contributed by atoms with Gasteiger partial charge < -0.3 is 10.1 Å². The van der Waals surface area contributed by atoms with Gasteiger partial charge in [-0.25, -0.2) is 8.42 Å². The van der Waals surface area contributed by atoms with E-state index in [0.29, 0.717) is 30.3 Å². The molecular weight excluding hydrogens is 394 g/mol. The monoisotopic (exact) mass is 415 g/mol. The Bertz CT molecular complexity index is 1090. The highest BCUT2D eigenvalue weighted by Gasteiger charge is 2.08. The van der Waals surface area contributed by atoms with Crippen LogP contribution >= 0.6 is 0 Å². The number of sulfone groups is 1. The van der Waals surface area contributed by atoms with E-state index >= 15 is 0 Å². The highest BCUT2D eigenvalue weighted by atomic mass is 32.2. The maximum atomic E-state index is 12.2. The molecule has 3 aromatic rings. The standard InChI is InChI=1S/C19H21N5O4S/c1-14-21-22-23-24(14)16-6-3-5-15(13-16)20-19(25)7-4-12-28-17-8-10-18(11-9-17)29(2,26)27/h3,5-6,8-11,13H,4,7,12H2,1-2H3,(H,20,25). The first kappa shape index (κ1) is 20.5. The van der Waals surface area contributed by atoms with Gasteiger partial charge in [-0.05, 0) is 66.2 Å². The van der Waals surface area contributed by atoms with E-state index < -0.39 is 9.84 Å². The van der Waals surface area contributed by atoms with Gasteiger partial charge in [-0.2, -0.15) is 4.68 Å². The van der Waals surface area contributed by atoms with E-state index in [-0.39, 0.29) is 17.2 Å². The van der Waals surface area contributed by atoms with Crippen LogP contribution in [0.1, 0.15) is 18.7 Å². The minimum atomic E-state index is -3.23. The van der Waals surface area contributed by atoms with Crippen molar-refractivity contribution in [3.8, 4) is 11.4 Å². The number of aryl methyl sites for hydroxylation is 1. The van der Waals surface area contributed by atoms with Crippen LogP contribution in [0, 0.1) is 6.92 Å². The number of carbonyl (C=O) groups excluding carboxylic acids is 1. The van der Waals surface area contributed by atoms with E-state index in [1.807, 2.05) is 12.1 Å². The van der Waals surface area contributed by atoms with Crippen LogP contribution in [0.2, 0.25) is 0 Å². The van der Waals surface area contributed by atoms with E-state index in [0.717, 1.165) is 11.9 Å². The molecule has 0 unspecified atom stereocenters. The van der Waals surface area contributed by atoms with Gasteiger partial charge in [-0.15, -0.1) is 5.10 Å². The average Bonchev–Trinajstić information content (AvgIpc) is 3.11. The van der Waals surface area contributed by atoms with Crippen LogP contribution in [-0.4, -0.2) is 47.4 Å². The molecule has 10 heteroatoms. The average molecular weight is 415 g/mol. The molecule has 0 aliphatic rings. The number of rotatable bonds is 8. The lowest BCUT2D eigenvalue weighted by molar-refractivity contribution is -0.116. The van der Waals surface area contributed by atoms with E-state index in [4.69, 9.17) is 4.74 Å². The molecule has 0 fully saturated rings. The molecule has 0 saturated heterocycles. The molecule has 0 saturated carbocycles. The number of amides is 1. The normalized spacial score (nSPS) is 11.2. The smallest absolute Gasteiger partial charge is 0.224 e. The van der Waals surface area contributed by atoms with Crippen LogP contribution in [0.3, 0.4) is 0 Å². The Kier molecular flexibility index (Phi) is 6.23. The van der Waals surface area contributed by atoms with Crippen molar-refractivity contribution in [2.75, 3.05) is 18.2 Å². The predicted molar refractivity (Wildman–Crippen MR) is 107 cm³/mol. The Morgan fingerprint density at radius 3 is 2.59 bits per heavy atom. The number of ether oxygens (including phenoxy) is 1. The molecule has 0 spiro atoms. The molecular formula is C19H21N5O4S. The Labute approximate surface area is 168 Å². The van der Waals surface area contributed by atoms with Gasteiger partial charge in [0, 0.05) is 18.4 Å². The van der Waals surface area contributed by atoms with Crippen LogP contribution in [0.15, 0.2) is 53.4 Å². The van der Waals surface area contributed by atoms with Crippen molar-refractivity contribution in [1.29, 1.82) is 0 Å². The van der Waals surface area contributed by atoms with Gasteiger partial charge in [0.25, 0.3) is 0 Å². The van der Waals surface area contributed by atoms with Gasteiger partial charge in [0.05, 0.1) is 17.2 Å². The van der Waals surface area contributed by atoms with Crippen molar-refractivity contribution < 1.29 is 17.9 Å². The fourth-order valence-corrected chi connectivity index (χ4v) is 3.25. The number of hydrogen-bond donors (Lipinski definition) is 1. The van der Waals surface area contributed by atoms with Crippen molar-refractivity contribution in [3.05, 3.63) is 54.4 Å². The number of aromatic nitrogens is 4. The molecule has 0 radical (unpaired) electrons. The number of carbonyl (C=O) groups is 1. The van der Waals surface area contributed by atoms with E-state index in [1.165, 1.54) is 12.1 Å². The van der Waals surface area contributed by atoms with Crippen molar-refractivity contribution in [2.45, 2.75) is 24.7 Å². The summed E-state index contributed by atoms with van der Waals surface area (Å²) in [5.41, 5.74) is 1.41. The highest BCUT2D eigenvalue weighted by Crippen LogP contribution is 2.17. The highest BCUT2D eigenvalue weighted by molar-refractivity contribution is 7.90. The molecule has 1 amide bonds. The second-order valence-electron chi connectivity index (χ2n) is 6.43. The van der Waals surface area contributed by atoms with Crippen LogP contribution in [0.4, 0.5) is 5.69 Å². The fraction of sp³-hybridized carbons (Fsp3) is 0.263. The summed E-state index contributed by atoms with van der Waals surface area (Å²) in [6, 6.07) is 13.4. The Morgan fingerprint density at radius 1 is 1.17 bits per heavy atom. The molecule has 1 N–H and O–H groups in total. The Balaban J connectivity index is 1.46. The molecule has 9 nitrogen and oxygen atoms in total. The van der Waals surface area contributed by atoms with Gasteiger partial charge in [0.2, 0.25) is 5.91 Å². The van der Waals surface area contributed by atoms with Gasteiger partial charge >= 0.3 is 0 Å². The minimum absolute atomic E-state index is 0.133. The Hall–Kier alpha value is -3.27. The van der Waals surface area contributed by atoms with Crippen LogP contribution in [0.5, 0.6) is 5.75 Å². The van der Waals surface area contributed by atoms with E-state index in [9.17, 15) is 13.2 Å². The molecule has 152 valence electrons. The summed E-state index contributed by atoms with van der Waals surface area (Å²) in [5, 5.41) is 14.2. The first-order valence-electron chi connectivity index (χ1n) is 8.91. The molecule has 3 rings (SSSR count). The lowest BCUT2D eigenvalue weighted by Gasteiger charge is -2.09. The zero-order chi connectivity index (χ0) is 20.9. The van der Waals surface area contributed by atoms with Crippen molar-refractivity contribution in [1.82, 2.24) is 20.2 Å². The second-order valence-corrected chi connectivity index (χ2v) is 8.45. The number of anilines is 1. The molecule has 29 heavy (non-hydrogen) atoms. The topological polar surface area (TPSA) is 116 Å². The molecule has 0 bridgehead atoms. The van der Waals surface area contributed by atoms with Gasteiger partial charge in [-0.3, -0.25) is 4.79 Å². The van der Waals surface area contributed by atoms with Crippen molar-refractivity contribution in [2.24, 2.45) is 0 Å². The third-order valence-electron chi connectivity index (χ3n) is 4.07. The summed E-state index contributed by atoms with van der Waals surface area (Å²) in [6.45, 7) is 2.13. The minimum Gasteiger partial charge on any atom is -0.494 e. The quantitative estimate of drug-likeness (QED) is 0.561. The third kappa shape index (κ3) is 5.61. The zero-order valence-electron chi connectivity index (χ0n) is 16.1. The van der Waals surface area contributed by atoms with Crippen molar-refractivity contribution in [3.63, 3.8) is 0 Å². The largest absolute Gasteiger partial charge is 0.494 e. The number of nitrogens with zero attached hydrogens (tertiary/aromatic N) is 4. The number of nitrogens with one attached hydrogen (secondary N) is 1. The predicted octanol–water partition coefficient (Wildman–Crippen LogP) is 2.17. The summed E-state index contributed by atoms with van der Waals surface area (Å²) in [4.78, 5) is 12.4. The maximum Gasteiger partial charge on any atom is 0.224 e. The van der Waals surface area contributed by atoms with Gasteiger partial charge in [0.1, 0.15) is 5.75 Å². The molecule has 2 aromatic carbocycles. The number of benzene rings is 2. The second kappa shape index (κ2) is 8.82. The molecule has 0 aliphatic carbocycles. The van der Waals surface area contributed by atoms with Crippen LogP contribution < -0.4 is 10.1 Å². The van der Waals surface area contributed by atoms with Crippen LogP contribution in [-0.2, 0) is 14.6 Å². The zero-order valence-corrected chi connectivity index (χ0v) is 16.9. The summed E-state index contributed by atoms with van der Waals surface area (Å²) in [7, 11) is -3.23. The third-order valence-corrected chi connectivity index (χ3v) is 5.20. The van der Waals surface area contributed by atoms with Gasteiger partial charge in [-0.1, -0.05) is 6.07 Å². The summed E-state index contributed by atoms with van der Waals surface area (Å²) in [5.74, 6) is 1.07. The Morgan fingerprint density at radius 2 is 1.93 bits per heavy atom. The lowest BCUT2D eigenvalue weighted by atomic mass is 10.2. The maximum absolute atomic E-state index is 12.2. The van der Waals surface area contributed by atoms with E-state index in [1.54, 1.807) is 35.9 Å². The van der Waals surface area contributed by atoms with E-state index in [2.05, 4.69) is 20.8 Å². The lowest BCUT2D eigenvalue weighted by Crippen LogP contribution is -2.13. The summed E-state index contributed by atoms with van der Waals surface area (Å²) < 4.78 is 30.0. The molecule has 0 aliphatic heterocycles. The fourth-order valence-electron chi connectivity index (χ4n) is 2.61. The first-order chi connectivity index (χ1) is 13.8. The van der Waals surface area contributed by atoms with Crippen molar-refractivity contribution >= 4 is 21.4 Å². The summed E-state index contributed by atoms with van der Waals surface area (Å²) in [6.07, 6.45) is 1.96. The number of tetrazole rings is 1. The summed E-state index contributed by atoms with van der Waals surface area (Å²) >= 11 is 0.